The molecule has 2 aliphatic heterocycles. The van der Waals surface area contributed by atoms with Crippen molar-refractivity contribution in [2.75, 3.05) is 33.2 Å². The van der Waals surface area contributed by atoms with Crippen LogP contribution in [0.1, 0.15) is 0 Å². The second kappa shape index (κ2) is 1.88. The lowest BCUT2D eigenvalue weighted by Crippen LogP contribution is -2.71. The summed E-state index contributed by atoms with van der Waals surface area (Å²) in [6.07, 6.45) is -0.773. The molecule has 0 saturated carbocycles. The molecule has 62 valence electrons. The number of hydrogen-bond acceptors (Lipinski definition) is 2. The summed E-state index contributed by atoms with van der Waals surface area (Å²) in [4.78, 5) is 14.1. The first-order valence-electron chi connectivity index (χ1n) is 3.78. The molecule has 2 saturated heterocycles. The summed E-state index contributed by atoms with van der Waals surface area (Å²) in [6, 6.07) is 0. The van der Waals surface area contributed by atoms with E-state index in [9.17, 15) is 4.79 Å². The monoisotopic (exact) mass is 156 g/mol. The SMILES string of the molecule is CN1CC2(C1)CN(C(=O)O)C2. The van der Waals surface area contributed by atoms with Crippen LogP contribution in [0.15, 0.2) is 0 Å². The van der Waals surface area contributed by atoms with Crippen LogP contribution in [0.5, 0.6) is 0 Å². The van der Waals surface area contributed by atoms with E-state index in [1.807, 2.05) is 0 Å². The largest absolute Gasteiger partial charge is 0.465 e. The molecule has 1 N–H and O–H groups in total. The molecule has 2 aliphatic rings. The molecule has 1 amide bonds. The fraction of sp³-hybridized carbons (Fsp3) is 0.857. The third-order valence-corrected chi connectivity index (χ3v) is 2.53. The molecule has 0 atom stereocenters. The Morgan fingerprint density at radius 3 is 2.27 bits per heavy atom. The Hall–Kier alpha value is -0.770. The first kappa shape index (κ1) is 6.91. The molecule has 0 radical (unpaired) electrons. The molecule has 2 heterocycles. The molecule has 2 rings (SSSR count). The number of carboxylic acid groups (broad SMARTS) is 1. The van der Waals surface area contributed by atoms with Crippen molar-refractivity contribution >= 4 is 6.09 Å². The second-order valence-electron chi connectivity index (χ2n) is 3.81. The van der Waals surface area contributed by atoms with E-state index in [0.717, 1.165) is 26.2 Å². The van der Waals surface area contributed by atoms with Gasteiger partial charge in [-0.05, 0) is 7.05 Å². The Balaban J connectivity index is 1.84. The molecule has 0 aromatic heterocycles. The standard InChI is InChI=1S/C7H12N2O2/c1-8-2-7(3-8)4-9(5-7)6(10)11/h2-5H2,1H3,(H,10,11). The highest BCUT2D eigenvalue weighted by Crippen LogP contribution is 2.38. The molecule has 0 aromatic carbocycles. The van der Waals surface area contributed by atoms with E-state index < -0.39 is 6.09 Å². The van der Waals surface area contributed by atoms with E-state index >= 15 is 0 Å². The van der Waals surface area contributed by atoms with E-state index in [-0.39, 0.29) is 0 Å². The maximum Gasteiger partial charge on any atom is 0.407 e. The molecule has 2 fully saturated rings. The average molecular weight is 156 g/mol. The van der Waals surface area contributed by atoms with Crippen molar-refractivity contribution in [3.63, 3.8) is 0 Å². The molecular weight excluding hydrogens is 144 g/mol. The normalized spacial score (nSPS) is 27.9. The Morgan fingerprint density at radius 1 is 1.36 bits per heavy atom. The van der Waals surface area contributed by atoms with E-state index in [1.54, 1.807) is 0 Å². The Bertz CT molecular complexity index is 191. The van der Waals surface area contributed by atoms with Gasteiger partial charge in [-0.2, -0.15) is 0 Å². The lowest BCUT2D eigenvalue weighted by Gasteiger charge is -2.58. The van der Waals surface area contributed by atoms with Gasteiger partial charge < -0.3 is 14.9 Å². The van der Waals surface area contributed by atoms with Gasteiger partial charge in [0.05, 0.1) is 0 Å². The fourth-order valence-electron chi connectivity index (χ4n) is 2.20. The van der Waals surface area contributed by atoms with E-state index in [4.69, 9.17) is 5.11 Å². The van der Waals surface area contributed by atoms with E-state index in [2.05, 4.69) is 11.9 Å². The second-order valence-corrected chi connectivity index (χ2v) is 3.81. The first-order valence-corrected chi connectivity index (χ1v) is 3.78. The lowest BCUT2D eigenvalue weighted by atomic mass is 9.73. The van der Waals surface area contributed by atoms with Crippen LogP contribution in [-0.4, -0.2) is 54.2 Å². The number of rotatable bonds is 0. The first-order chi connectivity index (χ1) is 5.11. The van der Waals surface area contributed by atoms with Gasteiger partial charge in [0.1, 0.15) is 0 Å². The van der Waals surface area contributed by atoms with Crippen molar-refractivity contribution in [3.8, 4) is 0 Å². The van der Waals surface area contributed by atoms with Gasteiger partial charge in [-0.15, -0.1) is 0 Å². The maximum absolute atomic E-state index is 10.4. The highest BCUT2D eigenvalue weighted by molar-refractivity contribution is 5.66. The van der Waals surface area contributed by atoms with Gasteiger partial charge in [-0.3, -0.25) is 0 Å². The summed E-state index contributed by atoms with van der Waals surface area (Å²) in [6.45, 7) is 3.62. The van der Waals surface area contributed by atoms with Gasteiger partial charge in [-0.1, -0.05) is 0 Å². The smallest absolute Gasteiger partial charge is 0.407 e. The topological polar surface area (TPSA) is 43.8 Å². The predicted molar refractivity (Wildman–Crippen MR) is 39.5 cm³/mol. The van der Waals surface area contributed by atoms with Gasteiger partial charge in [-0.25, -0.2) is 4.79 Å². The highest BCUT2D eigenvalue weighted by atomic mass is 16.4. The van der Waals surface area contributed by atoms with Gasteiger partial charge in [0.25, 0.3) is 0 Å². The van der Waals surface area contributed by atoms with Crippen molar-refractivity contribution < 1.29 is 9.90 Å². The zero-order valence-electron chi connectivity index (χ0n) is 6.58. The molecule has 4 nitrogen and oxygen atoms in total. The van der Waals surface area contributed by atoms with Crippen LogP contribution in [0.3, 0.4) is 0 Å². The predicted octanol–water partition coefficient (Wildman–Crippen LogP) is -0.0882. The van der Waals surface area contributed by atoms with Gasteiger partial charge >= 0.3 is 6.09 Å². The minimum Gasteiger partial charge on any atom is -0.465 e. The van der Waals surface area contributed by atoms with Crippen molar-refractivity contribution in [2.45, 2.75) is 0 Å². The molecule has 0 bridgehead atoms. The van der Waals surface area contributed by atoms with Crippen LogP contribution < -0.4 is 0 Å². The van der Waals surface area contributed by atoms with Crippen molar-refractivity contribution in [3.05, 3.63) is 0 Å². The van der Waals surface area contributed by atoms with Crippen LogP contribution in [-0.2, 0) is 0 Å². The van der Waals surface area contributed by atoms with Crippen molar-refractivity contribution in [1.82, 2.24) is 9.80 Å². The number of carbonyl (C=O) groups is 1. The third-order valence-electron chi connectivity index (χ3n) is 2.53. The Labute approximate surface area is 65.4 Å². The van der Waals surface area contributed by atoms with Gasteiger partial charge in [0, 0.05) is 31.6 Å². The fourth-order valence-corrected chi connectivity index (χ4v) is 2.20. The lowest BCUT2D eigenvalue weighted by molar-refractivity contribution is -0.0904. The van der Waals surface area contributed by atoms with Crippen LogP contribution in [0, 0.1) is 5.41 Å². The summed E-state index contributed by atoms with van der Waals surface area (Å²) in [7, 11) is 2.06. The zero-order chi connectivity index (χ0) is 8.06. The van der Waals surface area contributed by atoms with E-state index in [0.29, 0.717) is 5.41 Å². The van der Waals surface area contributed by atoms with Gasteiger partial charge in [0.15, 0.2) is 0 Å². The quantitative estimate of drug-likeness (QED) is 0.533. The molecule has 0 unspecified atom stereocenters. The zero-order valence-corrected chi connectivity index (χ0v) is 6.58. The number of hydrogen-bond donors (Lipinski definition) is 1. The van der Waals surface area contributed by atoms with Gasteiger partial charge in [0.2, 0.25) is 0 Å². The summed E-state index contributed by atoms with van der Waals surface area (Å²) >= 11 is 0. The Kier molecular flexibility index (Phi) is 1.18. The summed E-state index contributed by atoms with van der Waals surface area (Å²) in [5.41, 5.74) is 0.340. The molecule has 0 aromatic rings. The van der Waals surface area contributed by atoms with Crippen molar-refractivity contribution in [2.24, 2.45) is 5.41 Å². The number of likely N-dealkylation sites (tertiary alicyclic amines) is 2. The summed E-state index contributed by atoms with van der Waals surface area (Å²) in [5.74, 6) is 0. The number of amides is 1. The van der Waals surface area contributed by atoms with E-state index in [1.165, 1.54) is 4.90 Å². The highest BCUT2D eigenvalue weighted by Gasteiger charge is 2.51. The average Bonchev–Trinajstić information content (AvgIpc) is 1.73. The van der Waals surface area contributed by atoms with Crippen LogP contribution in [0.2, 0.25) is 0 Å². The minimum absolute atomic E-state index is 0.340. The van der Waals surface area contributed by atoms with Crippen LogP contribution in [0.25, 0.3) is 0 Å². The third kappa shape index (κ3) is 0.894. The van der Waals surface area contributed by atoms with Crippen LogP contribution in [0.4, 0.5) is 4.79 Å². The number of nitrogens with zero attached hydrogens (tertiary/aromatic N) is 2. The molecule has 11 heavy (non-hydrogen) atoms. The molecular formula is C7H12N2O2. The Morgan fingerprint density at radius 2 is 1.91 bits per heavy atom. The summed E-state index contributed by atoms with van der Waals surface area (Å²) < 4.78 is 0. The van der Waals surface area contributed by atoms with Crippen molar-refractivity contribution in [1.29, 1.82) is 0 Å². The van der Waals surface area contributed by atoms with Crippen LogP contribution >= 0.6 is 0 Å². The molecule has 4 heteroatoms. The summed E-state index contributed by atoms with van der Waals surface area (Å²) in [5, 5.41) is 8.56. The maximum atomic E-state index is 10.4. The molecule has 0 aliphatic carbocycles. The minimum atomic E-state index is -0.773. The molecule has 1 spiro atoms.